The van der Waals surface area contributed by atoms with E-state index in [1.807, 2.05) is 13.1 Å². The molecule has 132 valence electrons. The Labute approximate surface area is 152 Å². The molecule has 1 saturated heterocycles. The first kappa shape index (κ1) is 17.7. The highest BCUT2D eigenvalue weighted by atomic mass is 79.9. The molecule has 0 spiro atoms. The Morgan fingerprint density at radius 3 is 2.58 bits per heavy atom. The van der Waals surface area contributed by atoms with E-state index >= 15 is 0 Å². The quantitative estimate of drug-likeness (QED) is 0.852. The van der Waals surface area contributed by atoms with E-state index in [1.54, 1.807) is 0 Å². The van der Waals surface area contributed by atoms with E-state index in [0.717, 1.165) is 49.3 Å². The molecule has 2 aliphatic rings. The van der Waals surface area contributed by atoms with Gasteiger partial charge in [-0.3, -0.25) is 9.69 Å². The Hall–Kier alpha value is -1.14. The van der Waals surface area contributed by atoms with Crippen molar-refractivity contribution in [3.8, 4) is 0 Å². The molecule has 1 saturated carbocycles. The van der Waals surface area contributed by atoms with Crippen molar-refractivity contribution in [3.63, 3.8) is 0 Å². The molecule has 1 N–H and O–H groups in total. The predicted octanol–water partition coefficient (Wildman–Crippen LogP) is 2.72. The molecule has 0 bridgehead atoms. The zero-order chi connectivity index (χ0) is 17.1. The van der Waals surface area contributed by atoms with Crippen molar-refractivity contribution >= 4 is 27.7 Å². The van der Waals surface area contributed by atoms with Crippen LogP contribution >= 0.6 is 15.9 Å². The Kier molecular flexibility index (Phi) is 5.76. The molecule has 5 nitrogen and oxygen atoms in total. The van der Waals surface area contributed by atoms with Crippen molar-refractivity contribution < 1.29 is 4.79 Å². The van der Waals surface area contributed by atoms with Crippen molar-refractivity contribution in [1.29, 1.82) is 0 Å². The first-order valence-corrected chi connectivity index (χ1v) is 9.75. The summed E-state index contributed by atoms with van der Waals surface area (Å²) in [4.78, 5) is 21.6. The number of hydrogen-bond donors (Lipinski definition) is 1. The molecule has 1 atom stereocenters. The molecule has 1 aromatic heterocycles. The molecule has 24 heavy (non-hydrogen) atoms. The lowest BCUT2D eigenvalue weighted by atomic mass is 10.1. The SMILES string of the molecule is Cc1cc(Br)cnc1N1CCN(C(C)C(=O)NC2CCCC2)CC1. The van der Waals surface area contributed by atoms with Crippen LogP contribution < -0.4 is 10.2 Å². The number of halogens is 1. The van der Waals surface area contributed by atoms with Gasteiger partial charge in [0.2, 0.25) is 5.91 Å². The summed E-state index contributed by atoms with van der Waals surface area (Å²) >= 11 is 3.47. The smallest absolute Gasteiger partial charge is 0.237 e. The van der Waals surface area contributed by atoms with Crippen LogP contribution in [0, 0.1) is 6.92 Å². The second kappa shape index (κ2) is 7.83. The van der Waals surface area contributed by atoms with E-state index < -0.39 is 0 Å². The van der Waals surface area contributed by atoms with E-state index in [9.17, 15) is 4.79 Å². The third kappa shape index (κ3) is 4.09. The maximum Gasteiger partial charge on any atom is 0.237 e. The van der Waals surface area contributed by atoms with Crippen LogP contribution in [0.5, 0.6) is 0 Å². The van der Waals surface area contributed by atoms with E-state index in [1.165, 1.54) is 18.4 Å². The van der Waals surface area contributed by atoms with Crippen LogP contribution in [-0.2, 0) is 4.79 Å². The van der Waals surface area contributed by atoms with Gasteiger partial charge in [-0.1, -0.05) is 12.8 Å². The minimum atomic E-state index is -0.0493. The fraction of sp³-hybridized carbons (Fsp3) is 0.667. The van der Waals surface area contributed by atoms with E-state index in [-0.39, 0.29) is 11.9 Å². The van der Waals surface area contributed by atoms with Crippen molar-refractivity contribution in [1.82, 2.24) is 15.2 Å². The van der Waals surface area contributed by atoms with Crippen LogP contribution in [0.25, 0.3) is 0 Å². The summed E-state index contributed by atoms with van der Waals surface area (Å²) < 4.78 is 1.01. The molecule has 3 rings (SSSR count). The number of aromatic nitrogens is 1. The molecular formula is C18H27BrN4O. The maximum atomic E-state index is 12.5. The Balaban J connectivity index is 1.53. The third-order valence-corrected chi connectivity index (χ3v) is 5.69. The number of nitrogens with one attached hydrogen (secondary N) is 1. The van der Waals surface area contributed by atoms with Crippen LogP contribution in [0.3, 0.4) is 0 Å². The molecule has 6 heteroatoms. The first-order valence-electron chi connectivity index (χ1n) is 8.96. The summed E-state index contributed by atoms with van der Waals surface area (Å²) in [6.07, 6.45) is 6.63. The lowest BCUT2D eigenvalue weighted by Gasteiger charge is -2.38. The number of pyridine rings is 1. The normalized spacial score (nSPS) is 21.0. The van der Waals surface area contributed by atoms with Gasteiger partial charge in [-0.05, 0) is 54.2 Å². The minimum absolute atomic E-state index is 0.0493. The van der Waals surface area contributed by atoms with E-state index in [4.69, 9.17) is 0 Å². The molecule has 1 aliphatic carbocycles. The lowest BCUT2D eigenvalue weighted by Crippen LogP contribution is -2.55. The topological polar surface area (TPSA) is 48.5 Å². The van der Waals surface area contributed by atoms with Crippen LogP contribution in [0.1, 0.15) is 38.2 Å². The van der Waals surface area contributed by atoms with Crippen molar-refractivity contribution in [2.45, 2.75) is 51.6 Å². The second-order valence-corrected chi connectivity index (χ2v) is 7.90. The van der Waals surface area contributed by atoms with Crippen LogP contribution in [-0.4, -0.2) is 54.1 Å². The van der Waals surface area contributed by atoms with Crippen molar-refractivity contribution in [3.05, 3.63) is 22.3 Å². The lowest BCUT2D eigenvalue weighted by molar-refractivity contribution is -0.126. The molecular weight excluding hydrogens is 368 g/mol. The fourth-order valence-electron chi connectivity index (χ4n) is 3.74. The molecule has 0 aromatic carbocycles. The monoisotopic (exact) mass is 394 g/mol. The molecule has 1 aromatic rings. The standard InChI is InChI=1S/C18H27BrN4O/c1-13-11-15(19)12-20-17(13)23-9-7-22(8-10-23)14(2)18(24)21-16-5-3-4-6-16/h11-12,14,16H,3-10H2,1-2H3,(H,21,24). The van der Waals surface area contributed by atoms with Crippen LogP contribution in [0.4, 0.5) is 5.82 Å². The van der Waals surface area contributed by atoms with Crippen molar-refractivity contribution in [2.75, 3.05) is 31.1 Å². The van der Waals surface area contributed by atoms with Gasteiger partial charge in [-0.25, -0.2) is 4.98 Å². The number of aryl methyl sites for hydroxylation is 1. The van der Waals surface area contributed by atoms with Gasteiger partial charge in [0.15, 0.2) is 0 Å². The number of amides is 1. The van der Waals surface area contributed by atoms with Gasteiger partial charge >= 0.3 is 0 Å². The van der Waals surface area contributed by atoms with Gasteiger partial charge in [0.05, 0.1) is 6.04 Å². The summed E-state index contributed by atoms with van der Waals surface area (Å²) in [6.45, 7) is 7.75. The van der Waals surface area contributed by atoms with E-state index in [0.29, 0.717) is 6.04 Å². The number of piperazine rings is 1. The highest BCUT2D eigenvalue weighted by molar-refractivity contribution is 9.10. The van der Waals surface area contributed by atoms with E-state index in [2.05, 4.69) is 49.0 Å². The number of nitrogens with zero attached hydrogens (tertiary/aromatic N) is 3. The Morgan fingerprint density at radius 2 is 1.96 bits per heavy atom. The average molecular weight is 395 g/mol. The summed E-state index contributed by atoms with van der Waals surface area (Å²) in [6, 6.07) is 2.45. The predicted molar refractivity (Wildman–Crippen MR) is 100 cm³/mol. The van der Waals surface area contributed by atoms with Gasteiger partial charge in [-0.2, -0.15) is 0 Å². The molecule has 1 unspecified atom stereocenters. The largest absolute Gasteiger partial charge is 0.354 e. The van der Waals surface area contributed by atoms with Gasteiger partial charge in [-0.15, -0.1) is 0 Å². The molecule has 1 aliphatic heterocycles. The molecule has 0 radical (unpaired) electrons. The first-order chi connectivity index (χ1) is 11.5. The minimum Gasteiger partial charge on any atom is -0.354 e. The summed E-state index contributed by atoms with van der Waals surface area (Å²) in [5, 5.41) is 3.22. The van der Waals surface area contributed by atoms with Crippen LogP contribution in [0.15, 0.2) is 16.7 Å². The third-order valence-electron chi connectivity index (χ3n) is 5.26. The van der Waals surface area contributed by atoms with Crippen LogP contribution in [0.2, 0.25) is 0 Å². The Morgan fingerprint density at radius 1 is 1.29 bits per heavy atom. The molecule has 2 heterocycles. The van der Waals surface area contributed by atoms with Gasteiger partial charge in [0.25, 0.3) is 0 Å². The second-order valence-electron chi connectivity index (χ2n) is 6.98. The summed E-state index contributed by atoms with van der Waals surface area (Å²) in [5.74, 6) is 1.24. The summed E-state index contributed by atoms with van der Waals surface area (Å²) in [5.41, 5.74) is 1.19. The summed E-state index contributed by atoms with van der Waals surface area (Å²) in [7, 11) is 0. The number of rotatable bonds is 4. The van der Waals surface area contributed by atoms with Crippen molar-refractivity contribution in [2.24, 2.45) is 0 Å². The van der Waals surface area contributed by atoms with Gasteiger partial charge < -0.3 is 10.2 Å². The van der Waals surface area contributed by atoms with Gasteiger partial charge in [0.1, 0.15) is 5.82 Å². The number of anilines is 1. The zero-order valence-corrected chi connectivity index (χ0v) is 16.2. The maximum absolute atomic E-state index is 12.5. The highest BCUT2D eigenvalue weighted by Crippen LogP contribution is 2.22. The molecule has 2 fully saturated rings. The number of carbonyl (C=O) groups excluding carboxylic acids is 1. The highest BCUT2D eigenvalue weighted by Gasteiger charge is 2.28. The molecule has 1 amide bonds. The zero-order valence-electron chi connectivity index (χ0n) is 14.6. The number of carbonyl (C=O) groups is 1. The Bertz CT molecular complexity index is 580. The average Bonchev–Trinajstić information content (AvgIpc) is 3.07. The number of hydrogen-bond acceptors (Lipinski definition) is 4. The van der Waals surface area contributed by atoms with Gasteiger partial charge in [0, 0.05) is 42.9 Å². The fourth-order valence-corrected chi connectivity index (χ4v) is 4.19.